The van der Waals surface area contributed by atoms with E-state index in [2.05, 4.69) is 10.5 Å². The van der Waals surface area contributed by atoms with Crippen LogP contribution < -0.4 is 14.5 Å². The van der Waals surface area contributed by atoms with Crippen molar-refractivity contribution in [1.29, 1.82) is 0 Å². The van der Waals surface area contributed by atoms with Crippen molar-refractivity contribution in [3.63, 3.8) is 0 Å². The van der Waals surface area contributed by atoms with Gasteiger partial charge in [-0.05, 0) is 55.5 Å². The Balaban J connectivity index is 1.69. The zero-order valence-corrected chi connectivity index (χ0v) is 19.4. The number of carbonyl (C=O) groups excluding carboxylic acids is 1. The Labute approximate surface area is 195 Å². The largest absolute Gasteiger partial charge is 0.497 e. The van der Waals surface area contributed by atoms with Crippen LogP contribution in [0.2, 0.25) is 0 Å². The average molecular weight is 487 g/mol. The van der Waals surface area contributed by atoms with Gasteiger partial charge < -0.3 is 9.15 Å². The highest BCUT2D eigenvalue weighted by atomic mass is 32.2. The summed E-state index contributed by atoms with van der Waals surface area (Å²) in [6, 6.07) is 14.3. The third-order valence-corrected chi connectivity index (χ3v) is 6.01. The normalized spacial score (nSPS) is 12.3. The van der Waals surface area contributed by atoms with Crippen LogP contribution in [0.4, 0.5) is 11.4 Å². The van der Waals surface area contributed by atoms with Crippen LogP contribution in [-0.4, -0.2) is 44.9 Å². The minimum atomic E-state index is -3.78. The van der Waals surface area contributed by atoms with E-state index in [9.17, 15) is 23.3 Å². The summed E-state index contributed by atoms with van der Waals surface area (Å²) in [5.41, 5.74) is 3.20. The van der Waals surface area contributed by atoms with Crippen LogP contribution in [0.25, 0.3) is 11.3 Å². The maximum atomic E-state index is 12.6. The topological polar surface area (TPSA) is 144 Å². The van der Waals surface area contributed by atoms with Crippen molar-refractivity contribution < 1.29 is 27.3 Å². The van der Waals surface area contributed by atoms with Gasteiger partial charge in [0.05, 0.1) is 30.2 Å². The van der Waals surface area contributed by atoms with Crippen LogP contribution in [0, 0.1) is 10.1 Å². The number of carbonyl (C=O) groups is 1. The fraction of sp³-hybridized carbons (Fsp3) is 0.182. The number of furan rings is 1. The predicted octanol–water partition coefficient (Wildman–Crippen LogP) is 3.17. The standard InChI is InChI=1S/C22H22N4O7S/c1-15(25(34(3,30)31)17-8-10-19(32-2)11-9-17)22(27)24-23-14-20-12-13-21(33-20)16-4-6-18(7-5-16)26(28)29/h4-15H,1-3H3,(H,24,27)/b23-14-/t15-/m0/s1. The third-order valence-electron chi connectivity index (χ3n) is 4.77. The summed E-state index contributed by atoms with van der Waals surface area (Å²) in [6.45, 7) is 1.44. The fourth-order valence-corrected chi connectivity index (χ4v) is 4.29. The van der Waals surface area contributed by atoms with Crippen LogP contribution >= 0.6 is 0 Å². The molecule has 2 aromatic carbocycles. The molecule has 12 heteroatoms. The molecule has 1 aromatic heterocycles. The van der Waals surface area contributed by atoms with Crippen LogP contribution in [-0.2, 0) is 14.8 Å². The maximum absolute atomic E-state index is 12.6. The van der Waals surface area contributed by atoms with E-state index in [1.54, 1.807) is 36.4 Å². The number of nitro groups is 1. The van der Waals surface area contributed by atoms with E-state index in [-0.39, 0.29) is 5.69 Å². The molecule has 0 saturated carbocycles. The summed E-state index contributed by atoms with van der Waals surface area (Å²) < 4.78 is 36.4. The molecule has 0 aliphatic heterocycles. The van der Waals surface area contributed by atoms with Crippen LogP contribution in [0.15, 0.2) is 70.2 Å². The third kappa shape index (κ3) is 5.78. The molecule has 1 N–H and O–H groups in total. The molecule has 0 spiro atoms. The lowest BCUT2D eigenvalue weighted by Gasteiger charge is -2.27. The molecule has 1 amide bonds. The molecular weight excluding hydrogens is 464 g/mol. The second-order valence-corrected chi connectivity index (χ2v) is 9.03. The number of hydrazone groups is 1. The first-order chi connectivity index (χ1) is 16.1. The smallest absolute Gasteiger partial charge is 0.269 e. The van der Waals surface area contributed by atoms with E-state index >= 15 is 0 Å². The van der Waals surface area contributed by atoms with E-state index in [0.29, 0.717) is 28.5 Å². The van der Waals surface area contributed by atoms with Crippen molar-refractivity contribution in [2.75, 3.05) is 17.7 Å². The number of nitrogens with zero attached hydrogens (tertiary/aromatic N) is 3. The van der Waals surface area contributed by atoms with Gasteiger partial charge in [0.2, 0.25) is 10.0 Å². The molecule has 0 unspecified atom stereocenters. The molecule has 1 heterocycles. The zero-order valence-electron chi connectivity index (χ0n) is 18.5. The van der Waals surface area contributed by atoms with Crippen LogP contribution in [0.3, 0.4) is 0 Å². The van der Waals surface area contributed by atoms with Crippen molar-refractivity contribution >= 4 is 33.5 Å². The highest BCUT2D eigenvalue weighted by Gasteiger charge is 2.29. The lowest BCUT2D eigenvalue weighted by atomic mass is 10.1. The lowest BCUT2D eigenvalue weighted by Crippen LogP contribution is -2.46. The molecular formula is C22H22N4O7S. The first-order valence-corrected chi connectivity index (χ1v) is 11.8. The van der Waals surface area contributed by atoms with Crippen LogP contribution in [0.5, 0.6) is 5.75 Å². The van der Waals surface area contributed by atoms with Gasteiger partial charge in [0.25, 0.3) is 11.6 Å². The summed E-state index contributed by atoms with van der Waals surface area (Å²) in [5, 5.41) is 14.6. The number of hydrogen-bond acceptors (Lipinski definition) is 8. The second-order valence-electron chi connectivity index (χ2n) is 7.17. The molecule has 0 aliphatic carbocycles. The summed E-state index contributed by atoms with van der Waals surface area (Å²) in [5.74, 6) is 0.667. The SMILES string of the molecule is COc1ccc(N([C@@H](C)C(=O)N/N=C\c2ccc(-c3ccc([N+](=O)[O-])cc3)o2)S(C)(=O)=O)cc1. The molecule has 0 saturated heterocycles. The van der Waals surface area contributed by atoms with E-state index < -0.39 is 26.9 Å². The first-order valence-electron chi connectivity index (χ1n) is 9.91. The molecule has 11 nitrogen and oxygen atoms in total. The zero-order chi connectivity index (χ0) is 24.9. The molecule has 0 radical (unpaired) electrons. The van der Waals surface area contributed by atoms with Crippen molar-refractivity contribution in [3.8, 4) is 17.1 Å². The summed E-state index contributed by atoms with van der Waals surface area (Å²) in [4.78, 5) is 22.9. The molecule has 1 atom stereocenters. The maximum Gasteiger partial charge on any atom is 0.269 e. The molecule has 3 rings (SSSR count). The number of benzene rings is 2. The number of rotatable bonds is 9. The van der Waals surface area contributed by atoms with Gasteiger partial charge in [-0.15, -0.1) is 0 Å². The predicted molar refractivity (Wildman–Crippen MR) is 126 cm³/mol. The van der Waals surface area contributed by atoms with E-state index in [1.165, 1.54) is 44.5 Å². The minimum Gasteiger partial charge on any atom is -0.497 e. The van der Waals surface area contributed by atoms with E-state index in [4.69, 9.17) is 9.15 Å². The van der Waals surface area contributed by atoms with Gasteiger partial charge >= 0.3 is 0 Å². The number of nitrogens with one attached hydrogen (secondary N) is 1. The molecule has 0 bridgehead atoms. The fourth-order valence-electron chi connectivity index (χ4n) is 3.12. The number of ether oxygens (including phenoxy) is 1. The van der Waals surface area contributed by atoms with Crippen molar-refractivity contribution in [1.82, 2.24) is 5.43 Å². The van der Waals surface area contributed by atoms with Crippen molar-refractivity contribution in [2.24, 2.45) is 5.10 Å². The minimum absolute atomic E-state index is 0.0355. The first kappa shape index (κ1) is 24.5. The van der Waals surface area contributed by atoms with E-state index in [0.717, 1.165) is 10.6 Å². The van der Waals surface area contributed by atoms with Gasteiger partial charge in [-0.25, -0.2) is 13.8 Å². The Bertz CT molecular complexity index is 1300. The molecule has 178 valence electrons. The summed E-state index contributed by atoms with van der Waals surface area (Å²) >= 11 is 0. The van der Waals surface area contributed by atoms with Gasteiger partial charge in [-0.3, -0.25) is 19.2 Å². The number of anilines is 1. The highest BCUT2D eigenvalue weighted by molar-refractivity contribution is 7.92. The van der Waals surface area contributed by atoms with Gasteiger partial charge in [0.15, 0.2) is 0 Å². The Kier molecular flexibility index (Phi) is 7.31. The van der Waals surface area contributed by atoms with E-state index in [1.807, 2.05) is 0 Å². The molecule has 0 fully saturated rings. The Morgan fingerprint density at radius 2 is 1.79 bits per heavy atom. The number of sulfonamides is 1. The van der Waals surface area contributed by atoms with Gasteiger partial charge in [-0.1, -0.05) is 0 Å². The Morgan fingerprint density at radius 1 is 1.15 bits per heavy atom. The number of non-ortho nitro benzene ring substituents is 1. The van der Waals surface area contributed by atoms with Gasteiger partial charge in [0, 0.05) is 17.7 Å². The molecule has 3 aromatic rings. The van der Waals surface area contributed by atoms with Crippen molar-refractivity contribution in [2.45, 2.75) is 13.0 Å². The van der Waals surface area contributed by atoms with Crippen LogP contribution in [0.1, 0.15) is 12.7 Å². The highest BCUT2D eigenvalue weighted by Crippen LogP contribution is 2.25. The number of hydrogen-bond donors (Lipinski definition) is 1. The monoisotopic (exact) mass is 486 g/mol. The van der Waals surface area contributed by atoms with Gasteiger partial charge in [0.1, 0.15) is 23.3 Å². The van der Waals surface area contributed by atoms with Crippen molar-refractivity contribution in [3.05, 3.63) is 76.5 Å². The summed E-state index contributed by atoms with van der Waals surface area (Å²) in [6.07, 6.45) is 2.27. The second kappa shape index (κ2) is 10.2. The number of nitro benzene ring substituents is 1. The lowest BCUT2D eigenvalue weighted by molar-refractivity contribution is -0.384. The Hall–Kier alpha value is -4.19. The average Bonchev–Trinajstić information content (AvgIpc) is 3.27. The summed E-state index contributed by atoms with van der Waals surface area (Å²) in [7, 11) is -2.28. The molecule has 34 heavy (non-hydrogen) atoms. The quantitative estimate of drug-likeness (QED) is 0.278. The molecule has 0 aliphatic rings. The number of amides is 1. The van der Waals surface area contributed by atoms with Gasteiger partial charge in [-0.2, -0.15) is 5.10 Å². The number of methoxy groups -OCH3 is 1. The Morgan fingerprint density at radius 3 is 2.35 bits per heavy atom.